The third kappa shape index (κ3) is 7.34. The molecule has 0 aliphatic rings. The number of ether oxygens (including phenoxy) is 1. The van der Waals surface area contributed by atoms with Crippen molar-refractivity contribution in [3.8, 4) is 11.8 Å². The Balaban J connectivity index is 1.54. The fourth-order valence-corrected chi connectivity index (χ4v) is 3.23. The number of nitrogens with one attached hydrogen (secondary N) is 2. The maximum Gasteiger partial charge on any atom is 0.266 e. The molecule has 3 aromatic rings. The van der Waals surface area contributed by atoms with Crippen LogP contribution in [0, 0.1) is 11.3 Å². The molecule has 3 aromatic carbocycles. The highest BCUT2D eigenvalue weighted by molar-refractivity contribution is 9.10. The smallest absolute Gasteiger partial charge is 0.266 e. The molecule has 0 saturated carbocycles. The summed E-state index contributed by atoms with van der Waals surface area (Å²) in [5.41, 5.74) is 2.24. The van der Waals surface area contributed by atoms with Crippen LogP contribution in [0.2, 0.25) is 0 Å². The number of halogens is 1. The van der Waals surface area contributed by atoms with Crippen molar-refractivity contribution in [3.05, 3.63) is 100 Å². The van der Waals surface area contributed by atoms with Gasteiger partial charge in [-0.05, 0) is 60.5 Å². The summed E-state index contributed by atoms with van der Waals surface area (Å²) in [4.78, 5) is 24.6. The van der Waals surface area contributed by atoms with Crippen LogP contribution in [0.3, 0.4) is 0 Å². The van der Waals surface area contributed by atoms with Gasteiger partial charge in [0.2, 0.25) is 0 Å². The molecule has 2 N–H and O–H groups in total. The van der Waals surface area contributed by atoms with E-state index in [1.54, 1.807) is 48.5 Å². The summed E-state index contributed by atoms with van der Waals surface area (Å²) < 4.78 is 6.44. The molecule has 0 spiro atoms. The van der Waals surface area contributed by atoms with Gasteiger partial charge in [0.25, 0.3) is 11.8 Å². The van der Waals surface area contributed by atoms with Gasteiger partial charge in [-0.25, -0.2) is 0 Å². The quantitative estimate of drug-likeness (QED) is 0.324. The Kier molecular flexibility index (Phi) is 8.39. The highest BCUT2D eigenvalue weighted by Crippen LogP contribution is 2.17. The van der Waals surface area contributed by atoms with Crippen molar-refractivity contribution in [3.63, 3.8) is 0 Å². The van der Waals surface area contributed by atoms with Crippen LogP contribution in [0.4, 0.5) is 5.69 Å². The van der Waals surface area contributed by atoms with Crippen molar-refractivity contribution in [2.24, 2.45) is 0 Å². The molecule has 33 heavy (non-hydrogen) atoms. The summed E-state index contributed by atoms with van der Waals surface area (Å²) in [6.07, 6.45) is 1.49. The molecule has 0 saturated heterocycles. The number of benzene rings is 3. The number of hydrogen-bond acceptors (Lipinski definition) is 4. The van der Waals surface area contributed by atoms with E-state index >= 15 is 0 Å². The summed E-state index contributed by atoms with van der Waals surface area (Å²) in [5, 5.41) is 15.0. The molecule has 0 aliphatic carbocycles. The molecule has 6 nitrogen and oxygen atoms in total. The van der Waals surface area contributed by atoms with Crippen LogP contribution in [0.25, 0.3) is 6.08 Å². The van der Waals surface area contributed by atoms with E-state index < -0.39 is 5.91 Å². The Morgan fingerprint density at radius 3 is 2.33 bits per heavy atom. The maximum absolute atomic E-state index is 12.4. The molecule has 0 radical (unpaired) electrons. The number of nitrogens with zero attached hydrogens (tertiary/aromatic N) is 1. The largest absolute Gasteiger partial charge is 0.484 e. The van der Waals surface area contributed by atoms with Crippen LogP contribution in [-0.4, -0.2) is 18.4 Å². The lowest BCUT2D eigenvalue weighted by Gasteiger charge is -2.14. The van der Waals surface area contributed by atoms with Gasteiger partial charge in [-0.2, -0.15) is 5.26 Å². The van der Waals surface area contributed by atoms with Crippen molar-refractivity contribution in [1.29, 1.82) is 5.26 Å². The van der Waals surface area contributed by atoms with Gasteiger partial charge in [-0.1, -0.05) is 58.4 Å². The van der Waals surface area contributed by atoms with Gasteiger partial charge in [0.15, 0.2) is 6.61 Å². The monoisotopic (exact) mass is 503 g/mol. The highest BCUT2D eigenvalue weighted by Gasteiger charge is 2.11. The zero-order chi connectivity index (χ0) is 23.6. The molecular formula is C26H22BrN3O3. The minimum Gasteiger partial charge on any atom is -0.484 e. The number of carbonyl (C=O) groups excluding carboxylic acids is 2. The zero-order valence-corrected chi connectivity index (χ0v) is 19.5. The van der Waals surface area contributed by atoms with E-state index in [1.807, 2.05) is 43.3 Å². The lowest BCUT2D eigenvalue weighted by molar-refractivity contribution is -0.123. The molecule has 0 aromatic heterocycles. The minimum atomic E-state index is -0.496. The van der Waals surface area contributed by atoms with E-state index in [0.29, 0.717) is 17.0 Å². The van der Waals surface area contributed by atoms with Crippen LogP contribution < -0.4 is 15.4 Å². The third-order valence-electron chi connectivity index (χ3n) is 4.71. The standard InChI is InChI=1S/C26H22BrN3O3/c1-18(20-5-3-2-4-6-20)29-25(31)17-33-24-13-7-19(8-14-24)15-21(16-28)26(32)30-23-11-9-22(27)10-12-23/h2-15,18H,17H2,1H3,(H,29,31)(H,30,32)/b21-15+/t18-/m0/s1. The van der Waals surface area contributed by atoms with Crippen molar-refractivity contribution >= 4 is 39.5 Å². The van der Waals surface area contributed by atoms with E-state index in [-0.39, 0.29) is 24.1 Å². The van der Waals surface area contributed by atoms with Crippen LogP contribution in [0.5, 0.6) is 5.75 Å². The second kappa shape index (κ2) is 11.7. The average molecular weight is 504 g/mol. The minimum absolute atomic E-state index is 0.0270. The normalized spacial score (nSPS) is 11.7. The maximum atomic E-state index is 12.4. The van der Waals surface area contributed by atoms with Gasteiger partial charge >= 0.3 is 0 Å². The van der Waals surface area contributed by atoms with Crippen molar-refractivity contribution < 1.29 is 14.3 Å². The first-order valence-corrected chi connectivity index (χ1v) is 11.0. The highest BCUT2D eigenvalue weighted by atomic mass is 79.9. The topological polar surface area (TPSA) is 91.2 Å². The zero-order valence-electron chi connectivity index (χ0n) is 17.9. The Labute approximate surface area is 201 Å². The fourth-order valence-electron chi connectivity index (χ4n) is 2.96. The predicted octanol–water partition coefficient (Wildman–Crippen LogP) is 5.25. The number of amides is 2. The fraction of sp³-hybridized carbons (Fsp3) is 0.115. The van der Waals surface area contributed by atoms with Crippen LogP contribution in [0.1, 0.15) is 24.1 Å². The van der Waals surface area contributed by atoms with Gasteiger partial charge in [0.05, 0.1) is 6.04 Å². The summed E-state index contributed by atoms with van der Waals surface area (Å²) in [5.74, 6) is -0.219. The lowest BCUT2D eigenvalue weighted by atomic mass is 10.1. The predicted molar refractivity (Wildman–Crippen MR) is 131 cm³/mol. The Morgan fingerprint density at radius 1 is 1.03 bits per heavy atom. The Hall–Kier alpha value is -3.89. The van der Waals surface area contributed by atoms with Gasteiger partial charge in [-0.15, -0.1) is 0 Å². The molecule has 1 atom stereocenters. The first-order valence-electron chi connectivity index (χ1n) is 10.2. The van der Waals surface area contributed by atoms with Crippen LogP contribution >= 0.6 is 15.9 Å². The summed E-state index contributed by atoms with van der Waals surface area (Å²) >= 11 is 3.33. The van der Waals surface area contributed by atoms with E-state index in [0.717, 1.165) is 10.0 Å². The van der Waals surface area contributed by atoms with Crippen LogP contribution in [-0.2, 0) is 9.59 Å². The van der Waals surface area contributed by atoms with E-state index in [4.69, 9.17) is 4.74 Å². The summed E-state index contributed by atoms with van der Waals surface area (Å²) in [6, 6.07) is 25.3. The number of carbonyl (C=O) groups is 2. The number of nitriles is 1. The van der Waals surface area contributed by atoms with Crippen molar-refractivity contribution in [2.75, 3.05) is 11.9 Å². The molecule has 7 heteroatoms. The third-order valence-corrected chi connectivity index (χ3v) is 5.23. The molecule has 0 fully saturated rings. The molecule has 166 valence electrons. The number of rotatable bonds is 8. The molecule has 2 amide bonds. The average Bonchev–Trinajstić information content (AvgIpc) is 2.83. The Morgan fingerprint density at radius 2 is 1.70 bits per heavy atom. The van der Waals surface area contributed by atoms with E-state index in [9.17, 15) is 14.9 Å². The van der Waals surface area contributed by atoms with Crippen molar-refractivity contribution in [1.82, 2.24) is 5.32 Å². The Bertz CT molecular complexity index is 1170. The van der Waals surface area contributed by atoms with Gasteiger partial charge < -0.3 is 15.4 Å². The van der Waals surface area contributed by atoms with E-state index in [1.165, 1.54) is 6.08 Å². The molecule has 0 heterocycles. The first kappa shape index (κ1) is 23.8. The molecule has 0 aliphatic heterocycles. The van der Waals surface area contributed by atoms with Crippen molar-refractivity contribution in [2.45, 2.75) is 13.0 Å². The lowest BCUT2D eigenvalue weighted by Crippen LogP contribution is -2.31. The molecule has 0 unspecified atom stereocenters. The number of anilines is 1. The molecule has 0 bridgehead atoms. The summed E-state index contributed by atoms with van der Waals surface area (Å²) in [7, 11) is 0. The van der Waals surface area contributed by atoms with Gasteiger partial charge in [0.1, 0.15) is 17.4 Å². The summed E-state index contributed by atoms with van der Waals surface area (Å²) in [6.45, 7) is 1.79. The SMILES string of the molecule is C[C@H](NC(=O)COc1ccc(/C=C(\C#N)C(=O)Nc2ccc(Br)cc2)cc1)c1ccccc1. The first-order chi connectivity index (χ1) is 15.9. The van der Waals surface area contributed by atoms with E-state index in [2.05, 4.69) is 26.6 Å². The number of hydrogen-bond donors (Lipinski definition) is 2. The van der Waals surface area contributed by atoms with Gasteiger partial charge in [0, 0.05) is 10.2 Å². The second-order valence-electron chi connectivity index (χ2n) is 7.19. The second-order valence-corrected chi connectivity index (χ2v) is 8.10. The molecule has 3 rings (SSSR count). The van der Waals surface area contributed by atoms with Gasteiger partial charge in [-0.3, -0.25) is 9.59 Å². The molecular weight excluding hydrogens is 482 g/mol. The van der Waals surface area contributed by atoms with Crippen LogP contribution in [0.15, 0.2) is 88.9 Å².